The van der Waals surface area contributed by atoms with Crippen molar-refractivity contribution in [3.8, 4) is 5.75 Å². The van der Waals surface area contributed by atoms with Crippen LogP contribution in [0.1, 0.15) is 43.2 Å². The minimum Gasteiger partial charge on any atom is -0.495 e. The Bertz CT molecular complexity index is 752. The normalized spacial score (nSPS) is 21.6. The number of anilines is 1. The third kappa shape index (κ3) is 3.70. The molecule has 3 heteroatoms. The second-order valence-electron chi connectivity index (χ2n) is 7.87. The quantitative estimate of drug-likeness (QED) is 0.764. The summed E-state index contributed by atoms with van der Waals surface area (Å²) in [4.78, 5) is 5.23. The molecule has 0 aromatic heterocycles. The van der Waals surface area contributed by atoms with Crippen molar-refractivity contribution in [2.75, 3.05) is 38.2 Å². The molecule has 0 bridgehead atoms. The van der Waals surface area contributed by atoms with Crippen LogP contribution in [0.3, 0.4) is 0 Å². The summed E-state index contributed by atoms with van der Waals surface area (Å²) in [6.45, 7) is 6.79. The van der Waals surface area contributed by atoms with E-state index < -0.39 is 0 Å². The highest BCUT2D eigenvalue weighted by Crippen LogP contribution is 2.38. The maximum atomic E-state index is 5.57. The summed E-state index contributed by atoms with van der Waals surface area (Å²) in [7, 11) is 1.77. The number of rotatable bonds is 5. The number of para-hydroxylation sites is 2. The summed E-state index contributed by atoms with van der Waals surface area (Å²) >= 11 is 0. The van der Waals surface area contributed by atoms with Crippen LogP contribution >= 0.6 is 0 Å². The van der Waals surface area contributed by atoms with E-state index in [9.17, 15) is 0 Å². The fraction of sp³-hybridized carbons (Fsp3) is 0.500. The standard InChI is InChI=1S/C24H32N2O/c1-3-22(21-12-8-10-19-9-4-5-11-20(19)21)25-15-17-26(18-16-25)23-13-6-7-14-24(23)27-2/h4-7,9,11,13-14,21-22H,3,8,10,12,15-18H2,1-2H3. The first-order chi connectivity index (χ1) is 13.3. The molecule has 2 unspecified atom stereocenters. The molecule has 2 aliphatic rings. The molecule has 27 heavy (non-hydrogen) atoms. The molecule has 3 nitrogen and oxygen atoms in total. The van der Waals surface area contributed by atoms with Crippen molar-refractivity contribution in [2.24, 2.45) is 0 Å². The molecule has 1 heterocycles. The van der Waals surface area contributed by atoms with Gasteiger partial charge in [-0.1, -0.05) is 43.3 Å². The van der Waals surface area contributed by atoms with Gasteiger partial charge >= 0.3 is 0 Å². The molecule has 4 rings (SSSR count). The second-order valence-corrected chi connectivity index (χ2v) is 7.87. The Morgan fingerprint density at radius 2 is 1.74 bits per heavy atom. The smallest absolute Gasteiger partial charge is 0.142 e. The summed E-state index contributed by atoms with van der Waals surface area (Å²) in [5.41, 5.74) is 4.43. The molecule has 2 aromatic carbocycles. The van der Waals surface area contributed by atoms with Crippen LogP contribution < -0.4 is 9.64 Å². The van der Waals surface area contributed by atoms with Gasteiger partial charge in [-0.25, -0.2) is 0 Å². The van der Waals surface area contributed by atoms with Crippen LogP contribution in [-0.4, -0.2) is 44.2 Å². The van der Waals surface area contributed by atoms with Crippen LogP contribution in [-0.2, 0) is 6.42 Å². The lowest BCUT2D eigenvalue weighted by Gasteiger charge is -2.44. The van der Waals surface area contributed by atoms with Crippen molar-refractivity contribution in [1.82, 2.24) is 4.90 Å². The zero-order chi connectivity index (χ0) is 18.6. The Morgan fingerprint density at radius 1 is 1.00 bits per heavy atom. The Balaban J connectivity index is 1.47. The molecule has 1 saturated heterocycles. The van der Waals surface area contributed by atoms with Gasteiger partial charge in [-0.15, -0.1) is 0 Å². The number of aryl methyl sites for hydroxylation is 1. The topological polar surface area (TPSA) is 15.7 Å². The molecule has 0 amide bonds. The maximum absolute atomic E-state index is 5.57. The molecule has 2 atom stereocenters. The van der Waals surface area contributed by atoms with Crippen LogP contribution in [0.25, 0.3) is 0 Å². The lowest BCUT2D eigenvalue weighted by molar-refractivity contribution is 0.148. The van der Waals surface area contributed by atoms with E-state index in [-0.39, 0.29) is 0 Å². The molecule has 144 valence electrons. The highest BCUT2D eigenvalue weighted by Gasteiger charge is 2.32. The van der Waals surface area contributed by atoms with Gasteiger partial charge in [0.15, 0.2) is 0 Å². The number of benzene rings is 2. The highest BCUT2D eigenvalue weighted by atomic mass is 16.5. The Labute approximate surface area is 163 Å². The molecule has 2 aromatic rings. The third-order valence-corrected chi connectivity index (χ3v) is 6.51. The van der Waals surface area contributed by atoms with E-state index >= 15 is 0 Å². The predicted octanol–water partition coefficient (Wildman–Crippen LogP) is 4.72. The lowest BCUT2D eigenvalue weighted by Crippen LogP contribution is -2.52. The monoisotopic (exact) mass is 364 g/mol. The average molecular weight is 365 g/mol. The van der Waals surface area contributed by atoms with Crippen LogP contribution in [0.5, 0.6) is 5.75 Å². The fourth-order valence-electron chi connectivity index (χ4n) is 5.17. The van der Waals surface area contributed by atoms with Crippen molar-refractivity contribution >= 4 is 5.69 Å². The second kappa shape index (κ2) is 8.35. The van der Waals surface area contributed by atoms with Crippen molar-refractivity contribution < 1.29 is 4.74 Å². The van der Waals surface area contributed by atoms with Gasteiger partial charge in [0.05, 0.1) is 12.8 Å². The van der Waals surface area contributed by atoms with E-state index in [1.54, 1.807) is 18.2 Å². The van der Waals surface area contributed by atoms with E-state index in [0.717, 1.165) is 31.9 Å². The van der Waals surface area contributed by atoms with Crippen LogP contribution in [0.15, 0.2) is 48.5 Å². The Morgan fingerprint density at radius 3 is 2.52 bits per heavy atom. The number of hydrogen-bond acceptors (Lipinski definition) is 3. The predicted molar refractivity (Wildman–Crippen MR) is 113 cm³/mol. The number of ether oxygens (including phenoxy) is 1. The van der Waals surface area contributed by atoms with Gasteiger partial charge in [-0.05, 0) is 54.9 Å². The number of fused-ring (bicyclic) bond motifs is 1. The number of hydrogen-bond donors (Lipinski definition) is 0. The van der Waals surface area contributed by atoms with Gasteiger partial charge < -0.3 is 9.64 Å². The fourth-order valence-corrected chi connectivity index (χ4v) is 5.17. The number of methoxy groups -OCH3 is 1. The molecule has 0 radical (unpaired) electrons. The molecular formula is C24H32N2O. The Kier molecular flexibility index (Phi) is 5.68. The van der Waals surface area contributed by atoms with Crippen LogP contribution in [0, 0.1) is 0 Å². The van der Waals surface area contributed by atoms with Crippen molar-refractivity contribution in [1.29, 1.82) is 0 Å². The zero-order valence-corrected chi connectivity index (χ0v) is 16.7. The van der Waals surface area contributed by atoms with Crippen LogP contribution in [0.4, 0.5) is 5.69 Å². The van der Waals surface area contributed by atoms with Gasteiger partial charge in [0.1, 0.15) is 5.75 Å². The number of nitrogens with zero attached hydrogens (tertiary/aromatic N) is 2. The lowest BCUT2D eigenvalue weighted by atomic mass is 9.77. The summed E-state index contributed by atoms with van der Waals surface area (Å²) in [5.74, 6) is 1.68. The first-order valence-electron chi connectivity index (χ1n) is 10.5. The van der Waals surface area contributed by atoms with Gasteiger partial charge in [-0.2, -0.15) is 0 Å². The van der Waals surface area contributed by atoms with E-state index in [1.807, 2.05) is 6.07 Å². The summed E-state index contributed by atoms with van der Waals surface area (Å²) in [5, 5.41) is 0. The molecule has 0 N–H and O–H groups in total. The van der Waals surface area contributed by atoms with E-state index in [1.165, 1.54) is 31.4 Å². The molecule has 1 aliphatic heterocycles. The first-order valence-corrected chi connectivity index (χ1v) is 10.5. The summed E-state index contributed by atoms with van der Waals surface area (Å²) < 4.78 is 5.57. The summed E-state index contributed by atoms with van der Waals surface area (Å²) in [6, 6.07) is 18.2. The van der Waals surface area contributed by atoms with E-state index in [4.69, 9.17) is 4.74 Å². The first kappa shape index (κ1) is 18.4. The van der Waals surface area contributed by atoms with Gasteiger partial charge in [0.25, 0.3) is 0 Å². The van der Waals surface area contributed by atoms with Crippen LogP contribution in [0.2, 0.25) is 0 Å². The molecule has 0 spiro atoms. The largest absolute Gasteiger partial charge is 0.495 e. The molecule has 0 saturated carbocycles. The molecular weight excluding hydrogens is 332 g/mol. The third-order valence-electron chi connectivity index (χ3n) is 6.51. The molecule has 1 aliphatic carbocycles. The SMILES string of the molecule is CCC(C1CCCc2ccccc21)N1CCN(c2ccccc2OC)CC1. The van der Waals surface area contributed by atoms with E-state index in [0.29, 0.717) is 12.0 Å². The van der Waals surface area contributed by atoms with Crippen molar-refractivity contribution in [3.63, 3.8) is 0 Å². The summed E-state index contributed by atoms with van der Waals surface area (Å²) in [6.07, 6.45) is 5.15. The van der Waals surface area contributed by atoms with Crippen molar-refractivity contribution in [2.45, 2.75) is 44.6 Å². The Hall–Kier alpha value is -2.00. The average Bonchev–Trinajstić information content (AvgIpc) is 2.75. The van der Waals surface area contributed by atoms with Crippen molar-refractivity contribution in [3.05, 3.63) is 59.7 Å². The maximum Gasteiger partial charge on any atom is 0.142 e. The van der Waals surface area contributed by atoms with Gasteiger partial charge in [0, 0.05) is 32.2 Å². The number of piperazine rings is 1. The highest BCUT2D eigenvalue weighted by molar-refractivity contribution is 5.58. The minimum absolute atomic E-state index is 0.659. The minimum atomic E-state index is 0.659. The van der Waals surface area contributed by atoms with Gasteiger partial charge in [-0.3, -0.25) is 4.90 Å². The zero-order valence-electron chi connectivity index (χ0n) is 16.7. The van der Waals surface area contributed by atoms with Gasteiger partial charge in [0.2, 0.25) is 0 Å². The molecule has 1 fully saturated rings. The van der Waals surface area contributed by atoms with E-state index in [2.05, 4.69) is 59.2 Å².